The lowest BCUT2D eigenvalue weighted by atomic mass is 10.1. The van der Waals surface area contributed by atoms with Crippen LogP contribution in [0.3, 0.4) is 0 Å². The number of rotatable bonds is 3. The largest absolute Gasteiger partial charge is 0.424 e. The van der Waals surface area contributed by atoms with Crippen LogP contribution in [-0.2, 0) is 4.79 Å². The Hall–Kier alpha value is -0.580. The van der Waals surface area contributed by atoms with Gasteiger partial charge >= 0.3 is 5.97 Å². The van der Waals surface area contributed by atoms with Crippen molar-refractivity contribution in [2.75, 3.05) is 5.33 Å². The van der Waals surface area contributed by atoms with E-state index in [4.69, 9.17) is 27.9 Å². The topological polar surface area (TPSA) is 43.4 Å². The van der Waals surface area contributed by atoms with Gasteiger partial charge in [-0.1, -0.05) is 39.1 Å². The summed E-state index contributed by atoms with van der Waals surface area (Å²) in [6.07, 6.45) is 0. The summed E-state index contributed by atoms with van der Waals surface area (Å²) in [7, 11) is 0. The smallest absolute Gasteiger partial charge is 0.308 e. The van der Waals surface area contributed by atoms with Crippen LogP contribution in [0.25, 0.3) is 0 Å². The van der Waals surface area contributed by atoms with Crippen LogP contribution in [0.1, 0.15) is 17.3 Å². The Balaban J connectivity index is 3.31. The van der Waals surface area contributed by atoms with Gasteiger partial charge in [0.15, 0.2) is 11.5 Å². The van der Waals surface area contributed by atoms with Crippen molar-refractivity contribution in [1.29, 1.82) is 0 Å². The summed E-state index contributed by atoms with van der Waals surface area (Å²) in [4.78, 5) is 22.4. The molecule has 6 heteroatoms. The molecule has 1 aromatic rings. The number of ketones is 1. The van der Waals surface area contributed by atoms with Gasteiger partial charge in [0.1, 0.15) is 0 Å². The van der Waals surface area contributed by atoms with E-state index in [1.54, 1.807) is 0 Å². The molecule has 1 rings (SSSR count). The van der Waals surface area contributed by atoms with Crippen LogP contribution in [0, 0.1) is 0 Å². The highest BCUT2D eigenvalue weighted by atomic mass is 79.9. The van der Waals surface area contributed by atoms with Crippen LogP contribution in [0.5, 0.6) is 5.75 Å². The van der Waals surface area contributed by atoms with Gasteiger partial charge in [-0.05, 0) is 12.1 Å². The Morgan fingerprint density at radius 1 is 1.38 bits per heavy atom. The van der Waals surface area contributed by atoms with Crippen molar-refractivity contribution in [1.82, 2.24) is 0 Å². The fourth-order valence-electron chi connectivity index (χ4n) is 1.09. The monoisotopic (exact) mass is 324 g/mol. The number of halogens is 3. The maximum Gasteiger partial charge on any atom is 0.308 e. The number of carbonyl (C=O) groups is 2. The molecule has 0 N–H and O–H groups in total. The molecule has 0 amide bonds. The molecule has 0 radical (unpaired) electrons. The molecule has 16 heavy (non-hydrogen) atoms. The molecule has 0 aromatic heterocycles. The number of ether oxygens (including phenoxy) is 1. The van der Waals surface area contributed by atoms with E-state index in [0.717, 1.165) is 0 Å². The maximum absolute atomic E-state index is 11.6. The molecule has 0 saturated heterocycles. The molecule has 86 valence electrons. The Bertz CT molecular complexity index is 446. The zero-order chi connectivity index (χ0) is 12.3. The second kappa shape index (κ2) is 5.66. The zero-order valence-electron chi connectivity index (χ0n) is 8.22. The highest BCUT2D eigenvalue weighted by molar-refractivity contribution is 9.09. The van der Waals surface area contributed by atoms with E-state index in [-0.39, 0.29) is 27.4 Å². The lowest BCUT2D eigenvalue weighted by Gasteiger charge is -2.09. The van der Waals surface area contributed by atoms with Gasteiger partial charge in [-0.2, -0.15) is 0 Å². The molecule has 0 aliphatic rings. The first-order valence-corrected chi connectivity index (χ1v) is 6.10. The van der Waals surface area contributed by atoms with Crippen LogP contribution < -0.4 is 4.74 Å². The van der Waals surface area contributed by atoms with Crippen LogP contribution in [0.2, 0.25) is 10.0 Å². The Kier molecular flexibility index (Phi) is 4.77. The summed E-state index contributed by atoms with van der Waals surface area (Å²) < 4.78 is 4.88. The standard InChI is InChI=1S/C10H7BrCl2O3/c1-5(14)16-10-7(9(15)4-11)2-6(12)3-8(10)13/h2-3H,4H2,1H3. The average molecular weight is 326 g/mol. The second-order valence-corrected chi connectivity index (χ2v) is 4.32. The third-order valence-electron chi connectivity index (χ3n) is 1.68. The summed E-state index contributed by atoms with van der Waals surface area (Å²) >= 11 is 14.6. The van der Waals surface area contributed by atoms with Gasteiger partial charge in [0.25, 0.3) is 0 Å². The van der Waals surface area contributed by atoms with Crippen molar-refractivity contribution in [3.05, 3.63) is 27.7 Å². The van der Waals surface area contributed by atoms with Crippen LogP contribution in [-0.4, -0.2) is 17.1 Å². The molecule has 0 atom stereocenters. The number of esters is 1. The number of hydrogen-bond donors (Lipinski definition) is 0. The second-order valence-electron chi connectivity index (χ2n) is 2.91. The van der Waals surface area contributed by atoms with Crippen molar-refractivity contribution >= 4 is 50.9 Å². The van der Waals surface area contributed by atoms with Gasteiger partial charge in [0, 0.05) is 11.9 Å². The zero-order valence-corrected chi connectivity index (χ0v) is 11.3. The molecular weight excluding hydrogens is 319 g/mol. The summed E-state index contributed by atoms with van der Waals surface area (Å²) in [5.74, 6) is -0.767. The third kappa shape index (κ3) is 3.20. The van der Waals surface area contributed by atoms with Gasteiger partial charge in [-0.3, -0.25) is 9.59 Å². The quantitative estimate of drug-likeness (QED) is 0.370. The van der Waals surface area contributed by atoms with Gasteiger partial charge < -0.3 is 4.74 Å². The van der Waals surface area contributed by atoms with Crippen LogP contribution in [0.15, 0.2) is 12.1 Å². The Morgan fingerprint density at radius 3 is 2.50 bits per heavy atom. The van der Waals surface area contributed by atoms with E-state index in [1.807, 2.05) is 0 Å². The van der Waals surface area contributed by atoms with Crippen molar-refractivity contribution < 1.29 is 14.3 Å². The Morgan fingerprint density at radius 2 is 2.00 bits per heavy atom. The van der Waals surface area contributed by atoms with E-state index >= 15 is 0 Å². The normalized spacial score (nSPS) is 10.0. The summed E-state index contributed by atoms with van der Waals surface area (Å²) in [6, 6.07) is 2.82. The summed E-state index contributed by atoms with van der Waals surface area (Å²) in [5.41, 5.74) is 0.185. The van der Waals surface area contributed by atoms with Crippen molar-refractivity contribution in [2.45, 2.75) is 6.92 Å². The van der Waals surface area contributed by atoms with Crippen molar-refractivity contribution in [2.24, 2.45) is 0 Å². The molecule has 3 nitrogen and oxygen atoms in total. The molecule has 0 heterocycles. The number of carbonyl (C=O) groups excluding carboxylic acids is 2. The van der Waals surface area contributed by atoms with Crippen LogP contribution in [0.4, 0.5) is 0 Å². The number of benzene rings is 1. The van der Waals surface area contributed by atoms with Gasteiger partial charge in [-0.25, -0.2) is 0 Å². The molecule has 0 unspecified atom stereocenters. The SMILES string of the molecule is CC(=O)Oc1c(Cl)cc(Cl)cc1C(=O)CBr. The van der Waals surface area contributed by atoms with Crippen molar-refractivity contribution in [3.63, 3.8) is 0 Å². The van der Waals surface area contributed by atoms with Gasteiger partial charge in [-0.15, -0.1) is 0 Å². The van der Waals surface area contributed by atoms with Gasteiger partial charge in [0.2, 0.25) is 0 Å². The number of Topliss-reactive ketones (excluding diaryl/α,β-unsaturated/α-hetero) is 1. The fourth-order valence-corrected chi connectivity index (χ4v) is 1.92. The van der Waals surface area contributed by atoms with E-state index in [2.05, 4.69) is 15.9 Å². The molecule has 0 fully saturated rings. The molecule has 0 bridgehead atoms. The molecule has 0 aliphatic heterocycles. The third-order valence-corrected chi connectivity index (χ3v) is 2.68. The van der Waals surface area contributed by atoms with Gasteiger partial charge in [0.05, 0.1) is 15.9 Å². The first-order chi connectivity index (χ1) is 7.45. The maximum atomic E-state index is 11.6. The molecule has 0 aliphatic carbocycles. The molecule has 0 spiro atoms. The van der Waals surface area contributed by atoms with E-state index < -0.39 is 5.97 Å². The lowest BCUT2D eigenvalue weighted by Crippen LogP contribution is -2.09. The van der Waals surface area contributed by atoms with E-state index in [0.29, 0.717) is 5.02 Å². The minimum absolute atomic E-state index is 0.0445. The average Bonchev–Trinajstić information content (AvgIpc) is 2.20. The molecule has 0 saturated carbocycles. The van der Waals surface area contributed by atoms with E-state index in [9.17, 15) is 9.59 Å². The first kappa shape index (κ1) is 13.5. The highest BCUT2D eigenvalue weighted by Crippen LogP contribution is 2.33. The number of hydrogen-bond acceptors (Lipinski definition) is 3. The van der Waals surface area contributed by atoms with E-state index in [1.165, 1.54) is 19.1 Å². The van der Waals surface area contributed by atoms with Crippen molar-refractivity contribution in [3.8, 4) is 5.75 Å². The first-order valence-electron chi connectivity index (χ1n) is 4.22. The lowest BCUT2D eigenvalue weighted by molar-refractivity contribution is -0.131. The molecule has 1 aromatic carbocycles. The fraction of sp³-hybridized carbons (Fsp3) is 0.200. The minimum Gasteiger partial charge on any atom is -0.424 e. The molecular formula is C10H7BrCl2O3. The minimum atomic E-state index is -0.548. The summed E-state index contributed by atoms with van der Waals surface area (Å²) in [5, 5.41) is 0.537. The van der Waals surface area contributed by atoms with Crippen LogP contribution >= 0.6 is 39.1 Å². The predicted octanol–water partition coefficient (Wildman–Crippen LogP) is 3.50. The number of alkyl halides is 1. The summed E-state index contributed by atoms with van der Waals surface area (Å²) in [6.45, 7) is 1.23. The highest BCUT2D eigenvalue weighted by Gasteiger charge is 2.17. The Labute approximate surface area is 111 Å². The predicted molar refractivity (Wildman–Crippen MR) is 65.9 cm³/mol.